The number of ether oxygens (including phenoxy) is 1. The predicted octanol–water partition coefficient (Wildman–Crippen LogP) is 2.72. The molecule has 0 fully saturated rings. The second-order valence-electron chi connectivity index (χ2n) is 3.93. The molecule has 0 bridgehead atoms. The lowest BCUT2D eigenvalue weighted by molar-refractivity contribution is 0.295. The molecule has 0 amide bonds. The third kappa shape index (κ3) is 2.84. The number of rotatable bonds is 4. The highest BCUT2D eigenvalue weighted by molar-refractivity contribution is 5.27. The van der Waals surface area contributed by atoms with Crippen LogP contribution in [0.4, 0.5) is 4.39 Å². The van der Waals surface area contributed by atoms with E-state index in [1.807, 2.05) is 17.7 Å². The third-order valence-electron chi connectivity index (χ3n) is 2.67. The Kier molecular flexibility index (Phi) is 3.42. The number of imidazole rings is 1. The molecule has 2 aromatic rings. The lowest BCUT2D eigenvalue weighted by atomic mass is 10.2. The quantitative estimate of drug-likeness (QED) is 0.813. The lowest BCUT2D eigenvalue weighted by Crippen LogP contribution is -2.08. The Hall–Kier alpha value is -1.84. The molecule has 0 unspecified atom stereocenters. The maximum Gasteiger partial charge on any atom is 0.129 e. The Morgan fingerprint density at radius 2 is 2.18 bits per heavy atom. The van der Waals surface area contributed by atoms with E-state index in [0.717, 1.165) is 5.82 Å². The first kappa shape index (κ1) is 11.6. The number of benzene rings is 1. The highest BCUT2D eigenvalue weighted by Crippen LogP contribution is 2.15. The van der Waals surface area contributed by atoms with Crippen molar-refractivity contribution in [1.82, 2.24) is 9.55 Å². The summed E-state index contributed by atoms with van der Waals surface area (Å²) in [6, 6.07) is 4.91. The van der Waals surface area contributed by atoms with E-state index in [2.05, 4.69) is 4.98 Å². The SMILES string of the molecule is Cc1ccc(OCCn2ccnc2C)cc1F. The fourth-order valence-electron chi connectivity index (χ4n) is 1.57. The van der Waals surface area contributed by atoms with Gasteiger partial charge >= 0.3 is 0 Å². The van der Waals surface area contributed by atoms with Crippen LogP contribution in [-0.4, -0.2) is 16.2 Å². The summed E-state index contributed by atoms with van der Waals surface area (Å²) in [4.78, 5) is 4.12. The fraction of sp³-hybridized carbons (Fsp3) is 0.308. The molecule has 0 atom stereocenters. The molecule has 0 saturated heterocycles. The van der Waals surface area contributed by atoms with Crippen molar-refractivity contribution in [3.63, 3.8) is 0 Å². The molecule has 17 heavy (non-hydrogen) atoms. The normalized spacial score (nSPS) is 10.5. The third-order valence-corrected chi connectivity index (χ3v) is 2.67. The zero-order valence-corrected chi connectivity index (χ0v) is 9.98. The predicted molar refractivity (Wildman–Crippen MR) is 63.6 cm³/mol. The van der Waals surface area contributed by atoms with Gasteiger partial charge in [0.05, 0.1) is 6.54 Å². The van der Waals surface area contributed by atoms with Crippen LogP contribution in [0.5, 0.6) is 5.75 Å². The van der Waals surface area contributed by atoms with Gasteiger partial charge < -0.3 is 9.30 Å². The van der Waals surface area contributed by atoms with Crippen LogP contribution in [0, 0.1) is 19.7 Å². The molecule has 0 aliphatic heterocycles. The van der Waals surface area contributed by atoms with Crippen LogP contribution < -0.4 is 4.74 Å². The van der Waals surface area contributed by atoms with Gasteiger partial charge in [0.25, 0.3) is 0 Å². The van der Waals surface area contributed by atoms with Gasteiger partial charge in [-0.05, 0) is 25.5 Å². The van der Waals surface area contributed by atoms with E-state index < -0.39 is 0 Å². The van der Waals surface area contributed by atoms with Crippen molar-refractivity contribution >= 4 is 0 Å². The van der Waals surface area contributed by atoms with E-state index in [-0.39, 0.29) is 5.82 Å². The number of hydrogen-bond acceptors (Lipinski definition) is 2. The number of aryl methyl sites for hydroxylation is 2. The highest BCUT2D eigenvalue weighted by Gasteiger charge is 2.01. The van der Waals surface area contributed by atoms with Crippen molar-refractivity contribution in [3.8, 4) is 5.75 Å². The average Bonchev–Trinajstić information content (AvgIpc) is 2.70. The van der Waals surface area contributed by atoms with Gasteiger partial charge in [-0.3, -0.25) is 0 Å². The zero-order chi connectivity index (χ0) is 12.3. The minimum atomic E-state index is -0.235. The monoisotopic (exact) mass is 234 g/mol. The van der Waals surface area contributed by atoms with Crippen LogP contribution in [0.2, 0.25) is 0 Å². The summed E-state index contributed by atoms with van der Waals surface area (Å²) in [6.07, 6.45) is 3.65. The summed E-state index contributed by atoms with van der Waals surface area (Å²) in [5.74, 6) is 1.27. The van der Waals surface area contributed by atoms with E-state index in [1.165, 1.54) is 6.07 Å². The Morgan fingerprint density at radius 1 is 1.35 bits per heavy atom. The molecule has 0 aliphatic carbocycles. The standard InChI is InChI=1S/C13H15FN2O/c1-10-3-4-12(9-13(10)14)17-8-7-16-6-5-15-11(16)2/h3-6,9H,7-8H2,1-2H3. The Labute approximate surface area is 99.9 Å². The van der Waals surface area contributed by atoms with Crippen LogP contribution in [0.1, 0.15) is 11.4 Å². The van der Waals surface area contributed by atoms with Gasteiger partial charge in [-0.15, -0.1) is 0 Å². The first-order valence-corrected chi connectivity index (χ1v) is 5.53. The minimum Gasteiger partial charge on any atom is -0.492 e. The van der Waals surface area contributed by atoms with Crippen LogP contribution >= 0.6 is 0 Å². The fourth-order valence-corrected chi connectivity index (χ4v) is 1.57. The molecular weight excluding hydrogens is 219 g/mol. The summed E-state index contributed by atoms with van der Waals surface area (Å²) >= 11 is 0. The van der Waals surface area contributed by atoms with Crippen LogP contribution in [0.15, 0.2) is 30.6 Å². The summed E-state index contributed by atoms with van der Waals surface area (Å²) in [6.45, 7) is 4.88. The van der Waals surface area contributed by atoms with Crippen molar-refractivity contribution in [2.24, 2.45) is 0 Å². The van der Waals surface area contributed by atoms with E-state index >= 15 is 0 Å². The van der Waals surface area contributed by atoms with Crippen molar-refractivity contribution in [2.45, 2.75) is 20.4 Å². The Bertz CT molecular complexity index is 508. The van der Waals surface area contributed by atoms with Gasteiger partial charge in [0.2, 0.25) is 0 Å². The van der Waals surface area contributed by atoms with Gasteiger partial charge in [0, 0.05) is 18.5 Å². The Balaban J connectivity index is 1.90. The minimum absolute atomic E-state index is 0.235. The number of aromatic nitrogens is 2. The maximum absolute atomic E-state index is 13.2. The van der Waals surface area contributed by atoms with Crippen LogP contribution in [-0.2, 0) is 6.54 Å². The Morgan fingerprint density at radius 3 is 2.82 bits per heavy atom. The molecule has 1 aromatic heterocycles. The van der Waals surface area contributed by atoms with Crippen molar-refractivity contribution in [2.75, 3.05) is 6.61 Å². The first-order chi connectivity index (χ1) is 8.16. The number of halogens is 1. The largest absolute Gasteiger partial charge is 0.492 e. The smallest absolute Gasteiger partial charge is 0.129 e. The van der Waals surface area contributed by atoms with E-state index in [0.29, 0.717) is 24.5 Å². The molecule has 1 aromatic carbocycles. The van der Waals surface area contributed by atoms with Gasteiger partial charge in [0.15, 0.2) is 0 Å². The highest BCUT2D eigenvalue weighted by atomic mass is 19.1. The molecule has 0 aliphatic rings. The summed E-state index contributed by atoms with van der Waals surface area (Å²) in [7, 11) is 0. The van der Waals surface area contributed by atoms with E-state index in [1.54, 1.807) is 25.3 Å². The van der Waals surface area contributed by atoms with E-state index in [4.69, 9.17) is 4.74 Å². The topological polar surface area (TPSA) is 27.1 Å². The van der Waals surface area contributed by atoms with Gasteiger partial charge in [-0.25, -0.2) is 9.37 Å². The van der Waals surface area contributed by atoms with Crippen molar-refractivity contribution in [1.29, 1.82) is 0 Å². The van der Waals surface area contributed by atoms with E-state index in [9.17, 15) is 4.39 Å². The maximum atomic E-state index is 13.2. The van der Waals surface area contributed by atoms with Gasteiger partial charge in [0.1, 0.15) is 24.0 Å². The summed E-state index contributed by atoms with van der Waals surface area (Å²) < 4.78 is 20.7. The lowest BCUT2D eigenvalue weighted by Gasteiger charge is -2.08. The molecule has 3 nitrogen and oxygen atoms in total. The van der Waals surface area contributed by atoms with Crippen molar-refractivity contribution in [3.05, 3.63) is 47.8 Å². The van der Waals surface area contributed by atoms with Gasteiger partial charge in [-0.2, -0.15) is 0 Å². The first-order valence-electron chi connectivity index (χ1n) is 5.53. The van der Waals surface area contributed by atoms with Gasteiger partial charge in [-0.1, -0.05) is 6.07 Å². The molecular formula is C13H15FN2O. The van der Waals surface area contributed by atoms with Crippen LogP contribution in [0.3, 0.4) is 0 Å². The molecule has 4 heteroatoms. The van der Waals surface area contributed by atoms with Crippen LogP contribution in [0.25, 0.3) is 0 Å². The second kappa shape index (κ2) is 4.99. The summed E-state index contributed by atoms with van der Waals surface area (Å²) in [5, 5.41) is 0. The average molecular weight is 234 g/mol. The molecule has 2 rings (SSSR count). The summed E-state index contributed by atoms with van der Waals surface area (Å²) in [5.41, 5.74) is 0.628. The molecule has 1 heterocycles. The molecule has 0 N–H and O–H groups in total. The second-order valence-corrected chi connectivity index (χ2v) is 3.93. The number of nitrogens with zero attached hydrogens (tertiary/aromatic N) is 2. The van der Waals surface area contributed by atoms with Crippen molar-refractivity contribution < 1.29 is 9.13 Å². The number of hydrogen-bond donors (Lipinski definition) is 0. The molecule has 0 spiro atoms. The molecule has 90 valence electrons. The zero-order valence-electron chi connectivity index (χ0n) is 9.98. The molecule has 0 radical (unpaired) electrons. The molecule has 0 saturated carbocycles.